The summed E-state index contributed by atoms with van der Waals surface area (Å²) in [5.41, 5.74) is 3.90. The van der Waals surface area contributed by atoms with Crippen LogP contribution in [0.25, 0.3) is 56.1 Å². The van der Waals surface area contributed by atoms with Crippen LogP contribution in [0.5, 0.6) is 11.5 Å². The molecule has 0 aliphatic carbocycles. The van der Waals surface area contributed by atoms with Gasteiger partial charge in [0, 0.05) is 32.8 Å². The Balaban J connectivity index is 1.27. The fourth-order valence-electron chi connectivity index (χ4n) is 6.16. The third-order valence-corrected chi connectivity index (χ3v) is 11.5. The van der Waals surface area contributed by atoms with Crippen LogP contribution in [-0.2, 0) is 4.57 Å². The molecule has 1 aliphatic heterocycles. The van der Waals surface area contributed by atoms with Crippen molar-refractivity contribution >= 4 is 45.0 Å². The highest BCUT2D eigenvalue weighted by Crippen LogP contribution is 2.53. The second-order valence-electron chi connectivity index (χ2n) is 11.2. The minimum absolute atomic E-state index is 0.480. The monoisotopic (exact) mass is 613 g/mol. The van der Waals surface area contributed by atoms with E-state index in [0.717, 1.165) is 27.5 Å². The first-order chi connectivity index (χ1) is 22.6. The lowest BCUT2D eigenvalue weighted by atomic mass is 10.1. The highest BCUT2D eigenvalue weighted by atomic mass is 31.2. The molecule has 8 aromatic rings. The van der Waals surface area contributed by atoms with E-state index in [-0.39, 0.29) is 0 Å². The molecule has 0 spiro atoms. The highest BCUT2D eigenvalue weighted by molar-refractivity contribution is 7.85. The number of hydrogen-bond acceptors (Lipinski definition) is 6. The molecule has 1 aliphatic rings. The zero-order valence-corrected chi connectivity index (χ0v) is 25.3. The average Bonchev–Trinajstić information content (AvgIpc) is 3.49. The van der Waals surface area contributed by atoms with E-state index in [2.05, 4.69) is 0 Å². The largest absolute Gasteiger partial charge is 0.456 e. The second-order valence-corrected chi connectivity index (χ2v) is 13.9. The van der Waals surface area contributed by atoms with Crippen molar-refractivity contribution in [3.05, 3.63) is 146 Å². The SMILES string of the molecule is O=P1(c2ccccc2)c2cc(-c3nc(-c4ccccc4)nc(-c4ccccc4)n3)ccc2Oc2cc3c(cc21)oc1ccccc13. The van der Waals surface area contributed by atoms with Crippen LogP contribution in [0.15, 0.2) is 150 Å². The van der Waals surface area contributed by atoms with Crippen molar-refractivity contribution in [1.29, 1.82) is 0 Å². The fraction of sp³-hybridized carbons (Fsp3) is 0. The van der Waals surface area contributed by atoms with Gasteiger partial charge >= 0.3 is 0 Å². The van der Waals surface area contributed by atoms with Gasteiger partial charge < -0.3 is 13.7 Å². The summed E-state index contributed by atoms with van der Waals surface area (Å²) in [5.74, 6) is 2.69. The molecule has 0 bridgehead atoms. The molecule has 218 valence electrons. The first-order valence-corrected chi connectivity index (χ1v) is 16.7. The number of ether oxygens (including phenoxy) is 1. The van der Waals surface area contributed by atoms with Gasteiger partial charge in [0.1, 0.15) is 22.7 Å². The van der Waals surface area contributed by atoms with E-state index in [1.807, 2.05) is 146 Å². The molecule has 6 nitrogen and oxygen atoms in total. The highest BCUT2D eigenvalue weighted by Gasteiger charge is 2.40. The Bertz CT molecular complexity index is 2420. The van der Waals surface area contributed by atoms with Crippen LogP contribution in [0.4, 0.5) is 0 Å². The van der Waals surface area contributed by atoms with Gasteiger partial charge in [-0.2, -0.15) is 0 Å². The quantitative estimate of drug-likeness (QED) is 0.185. The summed E-state index contributed by atoms with van der Waals surface area (Å²) in [6.07, 6.45) is 0. The van der Waals surface area contributed by atoms with E-state index in [0.29, 0.717) is 56.0 Å². The molecule has 0 radical (unpaired) electrons. The van der Waals surface area contributed by atoms with Crippen molar-refractivity contribution in [3.8, 4) is 45.7 Å². The van der Waals surface area contributed by atoms with Crippen molar-refractivity contribution in [2.45, 2.75) is 0 Å². The lowest BCUT2D eigenvalue weighted by Crippen LogP contribution is -2.30. The smallest absolute Gasteiger partial charge is 0.178 e. The van der Waals surface area contributed by atoms with E-state index in [1.165, 1.54) is 0 Å². The lowest BCUT2D eigenvalue weighted by Gasteiger charge is -2.29. The predicted octanol–water partition coefficient (Wildman–Crippen LogP) is 8.52. The summed E-state index contributed by atoms with van der Waals surface area (Å²) in [5, 5.41) is 3.79. The van der Waals surface area contributed by atoms with Crippen molar-refractivity contribution in [1.82, 2.24) is 15.0 Å². The summed E-state index contributed by atoms with van der Waals surface area (Å²) in [4.78, 5) is 14.6. The maximum atomic E-state index is 15.7. The van der Waals surface area contributed by atoms with Gasteiger partial charge in [-0.15, -0.1) is 0 Å². The van der Waals surface area contributed by atoms with Crippen LogP contribution in [0.2, 0.25) is 0 Å². The summed E-state index contributed by atoms with van der Waals surface area (Å²) >= 11 is 0. The van der Waals surface area contributed by atoms with Crippen LogP contribution < -0.4 is 20.7 Å². The average molecular weight is 614 g/mol. The molecule has 46 heavy (non-hydrogen) atoms. The van der Waals surface area contributed by atoms with Crippen molar-refractivity contribution in [2.75, 3.05) is 0 Å². The van der Waals surface area contributed by atoms with Crippen molar-refractivity contribution in [2.24, 2.45) is 0 Å². The predicted molar refractivity (Wildman–Crippen MR) is 183 cm³/mol. The topological polar surface area (TPSA) is 78.1 Å². The van der Waals surface area contributed by atoms with Gasteiger partial charge in [-0.3, -0.25) is 0 Å². The van der Waals surface area contributed by atoms with E-state index in [4.69, 9.17) is 24.1 Å². The number of hydrogen-bond donors (Lipinski definition) is 0. The molecule has 0 N–H and O–H groups in total. The van der Waals surface area contributed by atoms with Gasteiger partial charge in [0.2, 0.25) is 0 Å². The second kappa shape index (κ2) is 10.4. The maximum Gasteiger partial charge on any atom is 0.178 e. The summed E-state index contributed by atoms with van der Waals surface area (Å²) < 4.78 is 28.5. The van der Waals surface area contributed by atoms with E-state index in [1.54, 1.807) is 0 Å². The molecule has 1 atom stereocenters. The lowest BCUT2D eigenvalue weighted by molar-refractivity contribution is 0.486. The van der Waals surface area contributed by atoms with E-state index >= 15 is 4.57 Å². The number of furan rings is 1. The Kier molecular flexibility index (Phi) is 5.99. The van der Waals surface area contributed by atoms with Crippen LogP contribution in [-0.4, -0.2) is 15.0 Å². The van der Waals surface area contributed by atoms with Gasteiger partial charge in [0.15, 0.2) is 24.6 Å². The van der Waals surface area contributed by atoms with Gasteiger partial charge in [0.25, 0.3) is 0 Å². The standard InChI is InChI=1S/C39H24N3O3P/c43-46(28-16-8-3-9-17-28)35-22-27(39-41-37(25-12-4-1-5-13-25)40-38(42-39)26-14-6-2-7-15-26)20-21-32(35)45-34-23-30-29-18-10-11-19-31(29)44-33(30)24-36(34)46/h1-24H. The van der Waals surface area contributed by atoms with Gasteiger partial charge in [-0.25, -0.2) is 15.0 Å². The first-order valence-electron chi connectivity index (χ1n) is 15.0. The van der Waals surface area contributed by atoms with E-state index < -0.39 is 7.14 Å². The van der Waals surface area contributed by atoms with Crippen LogP contribution in [0.1, 0.15) is 0 Å². The molecular weight excluding hydrogens is 589 g/mol. The number of aromatic nitrogens is 3. The zero-order valence-electron chi connectivity index (χ0n) is 24.4. The Hall–Kier alpha value is -5.84. The van der Waals surface area contributed by atoms with E-state index in [9.17, 15) is 0 Å². The number of rotatable bonds is 4. The van der Waals surface area contributed by atoms with Crippen molar-refractivity contribution < 1.29 is 13.7 Å². The number of benzene rings is 6. The normalized spacial score (nSPS) is 15.3. The summed E-state index contributed by atoms with van der Waals surface area (Å²) in [6.45, 7) is 0. The van der Waals surface area contributed by atoms with Crippen LogP contribution >= 0.6 is 7.14 Å². The fourth-order valence-corrected chi connectivity index (χ4v) is 9.04. The van der Waals surface area contributed by atoms with Crippen LogP contribution in [0, 0.1) is 0 Å². The number of nitrogens with zero attached hydrogens (tertiary/aromatic N) is 3. The molecule has 9 rings (SSSR count). The minimum atomic E-state index is -3.44. The molecule has 0 saturated carbocycles. The Labute approximate surface area is 264 Å². The Morgan fingerprint density at radius 3 is 1.70 bits per heavy atom. The molecular formula is C39H24N3O3P. The number of para-hydroxylation sites is 1. The van der Waals surface area contributed by atoms with Gasteiger partial charge in [0.05, 0.1) is 10.6 Å². The van der Waals surface area contributed by atoms with Crippen molar-refractivity contribution in [3.63, 3.8) is 0 Å². The number of fused-ring (bicyclic) bond motifs is 5. The summed E-state index contributed by atoms with van der Waals surface area (Å²) in [6, 6.07) is 46.7. The third-order valence-electron chi connectivity index (χ3n) is 8.39. The Morgan fingerprint density at radius 2 is 1.02 bits per heavy atom. The molecule has 7 heteroatoms. The molecule has 0 saturated heterocycles. The minimum Gasteiger partial charge on any atom is -0.456 e. The van der Waals surface area contributed by atoms with Crippen LogP contribution in [0.3, 0.4) is 0 Å². The Morgan fingerprint density at radius 1 is 0.457 bits per heavy atom. The zero-order chi connectivity index (χ0) is 30.7. The molecule has 1 unspecified atom stereocenters. The first kappa shape index (κ1) is 26.6. The molecule has 3 heterocycles. The summed E-state index contributed by atoms with van der Waals surface area (Å²) in [7, 11) is -3.44. The molecule has 2 aromatic heterocycles. The molecule has 0 fully saturated rings. The van der Waals surface area contributed by atoms with Gasteiger partial charge in [-0.1, -0.05) is 109 Å². The van der Waals surface area contributed by atoms with Gasteiger partial charge in [-0.05, 0) is 36.4 Å². The molecule has 6 aromatic carbocycles. The molecule has 0 amide bonds. The third kappa shape index (κ3) is 4.19. The maximum absolute atomic E-state index is 15.7.